The molecule has 0 aliphatic carbocycles. The number of rotatable bonds is 4. The monoisotopic (exact) mass is 340 g/mol. The summed E-state index contributed by atoms with van der Waals surface area (Å²) in [6, 6.07) is 9.00. The van der Waals surface area contributed by atoms with E-state index in [1.807, 2.05) is 23.1 Å². The van der Waals surface area contributed by atoms with Gasteiger partial charge in [0.15, 0.2) is 0 Å². The number of aryl methyl sites for hydroxylation is 1. The minimum Gasteiger partial charge on any atom is -0.330 e. The molecule has 1 fully saturated rings. The van der Waals surface area contributed by atoms with E-state index < -0.39 is 0 Å². The predicted octanol–water partition coefficient (Wildman–Crippen LogP) is 1.56. The van der Waals surface area contributed by atoms with E-state index >= 15 is 0 Å². The number of carbonyl (C=O) groups is 1. The van der Waals surface area contributed by atoms with E-state index in [-0.39, 0.29) is 17.5 Å². The van der Waals surface area contributed by atoms with Crippen LogP contribution in [0.5, 0.6) is 0 Å². The summed E-state index contributed by atoms with van der Waals surface area (Å²) in [5.74, 6) is -0.102. The first-order valence-electron chi connectivity index (χ1n) is 8.73. The summed E-state index contributed by atoms with van der Waals surface area (Å²) in [5.41, 5.74) is 1.12. The van der Waals surface area contributed by atoms with Gasteiger partial charge in [-0.3, -0.25) is 14.6 Å². The zero-order valence-electron chi connectivity index (χ0n) is 14.5. The van der Waals surface area contributed by atoms with Gasteiger partial charge in [-0.05, 0) is 50.6 Å². The van der Waals surface area contributed by atoms with E-state index in [2.05, 4.69) is 10.3 Å². The molecule has 0 saturated carbocycles. The van der Waals surface area contributed by atoms with E-state index in [1.165, 1.54) is 10.6 Å². The molecule has 0 aromatic carbocycles. The van der Waals surface area contributed by atoms with Crippen molar-refractivity contribution in [3.63, 3.8) is 0 Å². The van der Waals surface area contributed by atoms with Crippen LogP contribution in [0.3, 0.4) is 0 Å². The average molecular weight is 340 g/mol. The van der Waals surface area contributed by atoms with Crippen LogP contribution in [0, 0.1) is 0 Å². The Labute approximate surface area is 147 Å². The van der Waals surface area contributed by atoms with Gasteiger partial charge in [0.1, 0.15) is 0 Å². The summed E-state index contributed by atoms with van der Waals surface area (Å²) in [6.45, 7) is 2.33. The van der Waals surface area contributed by atoms with Gasteiger partial charge in [-0.25, -0.2) is 0 Å². The number of nitrogens with one attached hydrogen (secondary N) is 1. The van der Waals surface area contributed by atoms with Crippen molar-refractivity contribution in [3.05, 3.63) is 64.3 Å². The van der Waals surface area contributed by atoms with Gasteiger partial charge in [0.05, 0.1) is 12.2 Å². The first-order valence-corrected chi connectivity index (χ1v) is 8.73. The van der Waals surface area contributed by atoms with E-state index in [0.717, 1.165) is 38.0 Å². The topological polar surface area (TPSA) is 67.2 Å². The standard InChI is InChI=1S/C19H24N4O2/c1-22-12-8-15(13-18(22)24)19(25)23(14-16-5-2-3-10-21-16)17-6-4-9-20-11-7-17/h2-3,5,8,10,12-13,17,20H,4,6-7,9,11,14H2,1H3. The number of nitrogens with zero attached hydrogens (tertiary/aromatic N) is 3. The Morgan fingerprint density at radius 1 is 1.32 bits per heavy atom. The number of hydrogen-bond acceptors (Lipinski definition) is 4. The van der Waals surface area contributed by atoms with Crippen LogP contribution >= 0.6 is 0 Å². The summed E-state index contributed by atoms with van der Waals surface area (Å²) >= 11 is 0. The predicted molar refractivity (Wildman–Crippen MR) is 96.3 cm³/mol. The SMILES string of the molecule is Cn1ccc(C(=O)N(Cc2ccccn2)C2CCCNCC2)cc1=O. The molecule has 2 aromatic rings. The number of carbonyl (C=O) groups excluding carboxylic acids is 1. The Hall–Kier alpha value is -2.47. The molecular formula is C19H24N4O2. The summed E-state index contributed by atoms with van der Waals surface area (Å²) in [7, 11) is 1.68. The van der Waals surface area contributed by atoms with Crippen LogP contribution in [0.1, 0.15) is 35.3 Å². The van der Waals surface area contributed by atoms with Crippen molar-refractivity contribution in [1.82, 2.24) is 19.8 Å². The third kappa shape index (κ3) is 4.33. The summed E-state index contributed by atoms with van der Waals surface area (Å²) in [4.78, 5) is 31.3. The van der Waals surface area contributed by atoms with E-state index in [1.54, 1.807) is 25.5 Å². The molecule has 0 bridgehead atoms. The highest BCUT2D eigenvalue weighted by molar-refractivity contribution is 5.94. The van der Waals surface area contributed by atoms with E-state index in [4.69, 9.17) is 0 Å². The summed E-state index contributed by atoms with van der Waals surface area (Å²) < 4.78 is 1.47. The quantitative estimate of drug-likeness (QED) is 0.917. The molecule has 1 unspecified atom stereocenters. The van der Waals surface area contributed by atoms with Gasteiger partial charge in [0, 0.05) is 37.1 Å². The third-order valence-electron chi connectivity index (χ3n) is 4.66. The molecule has 1 saturated heterocycles. The van der Waals surface area contributed by atoms with Crippen LogP contribution in [-0.2, 0) is 13.6 Å². The molecule has 3 heterocycles. The van der Waals surface area contributed by atoms with Crippen molar-refractivity contribution in [2.24, 2.45) is 7.05 Å². The van der Waals surface area contributed by atoms with Gasteiger partial charge in [-0.15, -0.1) is 0 Å². The summed E-state index contributed by atoms with van der Waals surface area (Å²) in [6.07, 6.45) is 6.28. The molecule has 1 atom stereocenters. The van der Waals surface area contributed by atoms with Crippen molar-refractivity contribution in [3.8, 4) is 0 Å². The molecule has 1 N–H and O–H groups in total. The van der Waals surface area contributed by atoms with Crippen LogP contribution in [0.4, 0.5) is 0 Å². The molecule has 1 amide bonds. The average Bonchev–Trinajstić information content (AvgIpc) is 2.91. The largest absolute Gasteiger partial charge is 0.330 e. The second-order valence-electron chi connectivity index (χ2n) is 6.45. The maximum atomic E-state index is 13.2. The van der Waals surface area contributed by atoms with E-state index in [9.17, 15) is 9.59 Å². The van der Waals surface area contributed by atoms with Crippen LogP contribution in [0.25, 0.3) is 0 Å². The highest BCUT2D eigenvalue weighted by atomic mass is 16.2. The van der Waals surface area contributed by atoms with Gasteiger partial charge < -0.3 is 14.8 Å². The fourth-order valence-electron chi connectivity index (χ4n) is 3.19. The van der Waals surface area contributed by atoms with Crippen molar-refractivity contribution in [2.45, 2.75) is 31.8 Å². The Kier molecular flexibility index (Phi) is 5.60. The lowest BCUT2D eigenvalue weighted by Gasteiger charge is -2.31. The molecule has 1 aliphatic heterocycles. The molecule has 0 radical (unpaired) electrons. The van der Waals surface area contributed by atoms with Gasteiger partial charge in [0.2, 0.25) is 0 Å². The first kappa shape index (κ1) is 17.4. The number of pyridine rings is 2. The smallest absolute Gasteiger partial charge is 0.254 e. The minimum absolute atomic E-state index is 0.102. The van der Waals surface area contributed by atoms with Crippen LogP contribution in [0.2, 0.25) is 0 Å². The Balaban J connectivity index is 1.89. The molecular weight excluding hydrogens is 316 g/mol. The fraction of sp³-hybridized carbons (Fsp3) is 0.421. The molecule has 3 rings (SSSR count). The Bertz CT molecular complexity index is 764. The zero-order valence-corrected chi connectivity index (χ0v) is 14.5. The maximum absolute atomic E-state index is 13.2. The van der Waals surface area contributed by atoms with Crippen LogP contribution in [0.15, 0.2) is 47.5 Å². The van der Waals surface area contributed by atoms with Crippen molar-refractivity contribution < 1.29 is 4.79 Å². The lowest BCUT2D eigenvalue weighted by Crippen LogP contribution is -2.41. The molecule has 6 nitrogen and oxygen atoms in total. The lowest BCUT2D eigenvalue weighted by atomic mass is 10.1. The van der Waals surface area contributed by atoms with Gasteiger partial charge in [-0.1, -0.05) is 6.07 Å². The highest BCUT2D eigenvalue weighted by Crippen LogP contribution is 2.19. The Morgan fingerprint density at radius 2 is 2.20 bits per heavy atom. The van der Waals surface area contributed by atoms with Gasteiger partial charge in [0.25, 0.3) is 11.5 Å². The molecule has 2 aromatic heterocycles. The van der Waals surface area contributed by atoms with Crippen LogP contribution < -0.4 is 10.9 Å². The van der Waals surface area contributed by atoms with Crippen molar-refractivity contribution >= 4 is 5.91 Å². The second kappa shape index (κ2) is 8.07. The zero-order chi connectivity index (χ0) is 17.6. The van der Waals surface area contributed by atoms with Crippen LogP contribution in [-0.4, -0.2) is 39.5 Å². The first-order chi connectivity index (χ1) is 12.1. The third-order valence-corrected chi connectivity index (χ3v) is 4.66. The van der Waals surface area contributed by atoms with Crippen molar-refractivity contribution in [2.75, 3.05) is 13.1 Å². The van der Waals surface area contributed by atoms with Gasteiger partial charge in [-0.2, -0.15) is 0 Å². The molecule has 132 valence electrons. The molecule has 6 heteroatoms. The normalized spacial score (nSPS) is 17.7. The number of amides is 1. The fourth-order valence-corrected chi connectivity index (χ4v) is 3.19. The van der Waals surface area contributed by atoms with Gasteiger partial charge >= 0.3 is 0 Å². The minimum atomic E-state index is -0.175. The molecule has 25 heavy (non-hydrogen) atoms. The lowest BCUT2D eigenvalue weighted by molar-refractivity contribution is 0.0642. The maximum Gasteiger partial charge on any atom is 0.254 e. The number of hydrogen-bond donors (Lipinski definition) is 1. The number of aromatic nitrogens is 2. The molecule has 0 spiro atoms. The Morgan fingerprint density at radius 3 is 2.96 bits per heavy atom. The molecule has 1 aliphatic rings. The van der Waals surface area contributed by atoms with Crippen molar-refractivity contribution in [1.29, 1.82) is 0 Å². The van der Waals surface area contributed by atoms with E-state index in [0.29, 0.717) is 12.1 Å². The highest BCUT2D eigenvalue weighted by Gasteiger charge is 2.26. The summed E-state index contributed by atoms with van der Waals surface area (Å²) in [5, 5.41) is 3.38. The second-order valence-corrected chi connectivity index (χ2v) is 6.45.